The van der Waals surface area contributed by atoms with Crippen molar-refractivity contribution >= 4 is 5.97 Å². The second-order valence-corrected chi connectivity index (χ2v) is 9.71. The number of unbranched alkanes of at least 4 members (excludes halogenated alkanes) is 2. The van der Waals surface area contributed by atoms with Gasteiger partial charge in [0, 0.05) is 43.6 Å². The Kier molecular flexibility index (Phi) is 6.38. The predicted octanol–water partition coefficient (Wildman–Crippen LogP) is 3.23. The maximum atomic E-state index is 10.9. The van der Waals surface area contributed by atoms with Crippen LogP contribution in [0.5, 0.6) is 11.5 Å². The number of rotatable bonds is 10. The lowest BCUT2D eigenvalue weighted by Gasteiger charge is -2.56. The summed E-state index contributed by atoms with van der Waals surface area (Å²) in [6.07, 6.45) is 9.32. The van der Waals surface area contributed by atoms with E-state index >= 15 is 0 Å². The van der Waals surface area contributed by atoms with Crippen LogP contribution in [0, 0.1) is 5.92 Å². The molecule has 7 heteroatoms. The molecule has 0 aromatic heterocycles. The van der Waals surface area contributed by atoms with Crippen molar-refractivity contribution < 1.29 is 28.5 Å². The summed E-state index contributed by atoms with van der Waals surface area (Å²) < 4.78 is 29.2. The molecule has 0 saturated carbocycles. The lowest BCUT2D eigenvalue weighted by Crippen LogP contribution is -2.65. The average molecular weight is 458 g/mol. The normalized spacial score (nSPS) is 31.1. The van der Waals surface area contributed by atoms with Crippen LogP contribution >= 0.6 is 0 Å². The number of hydrogen-bond donors (Lipinski definition) is 0. The molecule has 2 aliphatic heterocycles. The van der Waals surface area contributed by atoms with Crippen LogP contribution in [0.25, 0.3) is 0 Å². The Morgan fingerprint density at radius 3 is 2.88 bits per heavy atom. The molecule has 2 bridgehead atoms. The molecule has 1 unspecified atom stereocenters. The Bertz CT molecular complexity index is 916. The molecule has 0 N–H and O–H groups in total. The molecule has 180 valence electrons. The summed E-state index contributed by atoms with van der Waals surface area (Å²) in [7, 11) is 3.88. The molecule has 5 rings (SSSR count). The maximum absolute atomic E-state index is 10.9. The van der Waals surface area contributed by atoms with E-state index in [-0.39, 0.29) is 30.4 Å². The van der Waals surface area contributed by atoms with E-state index in [2.05, 4.69) is 30.2 Å². The van der Waals surface area contributed by atoms with E-state index in [1.165, 1.54) is 18.1 Å². The van der Waals surface area contributed by atoms with Gasteiger partial charge in [0.2, 0.25) is 0 Å². The quantitative estimate of drug-likeness (QED) is 0.231. The molecule has 0 amide bonds. The second-order valence-electron chi connectivity index (χ2n) is 9.71. The van der Waals surface area contributed by atoms with Crippen molar-refractivity contribution in [2.24, 2.45) is 5.92 Å². The lowest BCUT2D eigenvalue weighted by molar-refractivity contribution is -0.141. The highest BCUT2D eigenvalue weighted by molar-refractivity contribution is 5.65. The fourth-order valence-corrected chi connectivity index (χ4v) is 6.40. The first-order valence-electron chi connectivity index (χ1n) is 12.1. The molecule has 1 aromatic carbocycles. The van der Waals surface area contributed by atoms with Crippen LogP contribution in [0.15, 0.2) is 24.3 Å². The van der Waals surface area contributed by atoms with Gasteiger partial charge in [-0.1, -0.05) is 18.2 Å². The number of likely N-dealkylation sites (N-methyl/N-ethyl adjacent to an activating group) is 1. The van der Waals surface area contributed by atoms with E-state index in [4.69, 9.17) is 23.7 Å². The summed E-state index contributed by atoms with van der Waals surface area (Å²) in [4.78, 5) is 13.4. The highest BCUT2D eigenvalue weighted by Crippen LogP contribution is 2.62. The van der Waals surface area contributed by atoms with Crippen LogP contribution < -0.4 is 9.47 Å². The molecule has 33 heavy (non-hydrogen) atoms. The summed E-state index contributed by atoms with van der Waals surface area (Å²) in [6.45, 7) is 3.84. The number of nitrogens with zero attached hydrogens (tertiary/aromatic N) is 1. The van der Waals surface area contributed by atoms with Crippen LogP contribution in [-0.2, 0) is 30.8 Å². The Balaban J connectivity index is 1.36. The van der Waals surface area contributed by atoms with Gasteiger partial charge in [0.15, 0.2) is 18.3 Å². The van der Waals surface area contributed by atoms with Gasteiger partial charge in [-0.2, -0.15) is 0 Å². The number of piperidine rings is 1. The van der Waals surface area contributed by atoms with Gasteiger partial charge in [0.1, 0.15) is 12.2 Å². The third-order valence-corrected chi connectivity index (χ3v) is 7.85. The van der Waals surface area contributed by atoms with Crippen LogP contribution in [0.2, 0.25) is 0 Å². The van der Waals surface area contributed by atoms with Crippen molar-refractivity contribution in [2.75, 3.05) is 40.7 Å². The van der Waals surface area contributed by atoms with E-state index in [1.54, 1.807) is 7.11 Å². The van der Waals surface area contributed by atoms with Gasteiger partial charge in [0.05, 0.1) is 6.61 Å². The van der Waals surface area contributed by atoms with Crippen molar-refractivity contribution in [3.05, 3.63) is 35.4 Å². The predicted molar refractivity (Wildman–Crippen MR) is 123 cm³/mol. The second kappa shape index (κ2) is 9.28. The molecule has 0 radical (unpaired) electrons. The Morgan fingerprint density at radius 1 is 1.21 bits per heavy atom. The molecule has 1 fully saturated rings. The minimum absolute atomic E-state index is 0.0499. The van der Waals surface area contributed by atoms with Crippen molar-refractivity contribution in [3.8, 4) is 11.5 Å². The topological polar surface area (TPSA) is 66.5 Å². The molecule has 2 aliphatic carbocycles. The van der Waals surface area contributed by atoms with Crippen LogP contribution in [0.4, 0.5) is 0 Å². The van der Waals surface area contributed by atoms with Gasteiger partial charge in [-0.05, 0) is 57.3 Å². The number of carbonyl (C=O) groups excluding carboxylic acids is 1. The molecule has 5 atom stereocenters. The molecule has 1 aromatic rings. The minimum atomic E-state index is -0.220. The largest absolute Gasteiger partial charge is 0.482 e. The number of esters is 1. The highest BCUT2D eigenvalue weighted by atomic mass is 16.7. The van der Waals surface area contributed by atoms with Crippen molar-refractivity contribution in [3.63, 3.8) is 0 Å². The van der Waals surface area contributed by atoms with Crippen molar-refractivity contribution in [1.29, 1.82) is 0 Å². The van der Waals surface area contributed by atoms with Crippen LogP contribution in [0.3, 0.4) is 0 Å². The molecule has 7 nitrogen and oxygen atoms in total. The van der Waals surface area contributed by atoms with E-state index in [0.29, 0.717) is 25.2 Å². The van der Waals surface area contributed by atoms with Crippen LogP contribution in [0.1, 0.15) is 43.7 Å². The number of methoxy groups -OCH3 is 1. The number of benzene rings is 1. The molecule has 1 saturated heterocycles. The Morgan fingerprint density at radius 2 is 2.06 bits per heavy atom. The Labute approximate surface area is 196 Å². The first-order valence-corrected chi connectivity index (χ1v) is 12.1. The van der Waals surface area contributed by atoms with E-state index in [1.807, 2.05) is 6.07 Å². The van der Waals surface area contributed by atoms with Gasteiger partial charge >= 0.3 is 5.97 Å². The zero-order valence-corrected chi connectivity index (χ0v) is 19.9. The third-order valence-electron chi connectivity index (χ3n) is 7.85. The van der Waals surface area contributed by atoms with Crippen molar-refractivity contribution in [1.82, 2.24) is 4.90 Å². The van der Waals surface area contributed by atoms with Crippen molar-refractivity contribution in [2.45, 2.75) is 62.7 Å². The number of likely N-dealkylation sites (tertiary alicyclic amines) is 1. The SMILES string of the molecule is COCOc1ccc2c3c1OC1[C@@H](OCCCCCOC(C)=O)C=C[C@H]4[C@@H](C2)N(C)CC[C@]314. The first kappa shape index (κ1) is 22.7. The number of hydrogen-bond acceptors (Lipinski definition) is 7. The first-order chi connectivity index (χ1) is 16.1. The third kappa shape index (κ3) is 3.84. The molecule has 4 aliphatic rings. The van der Waals surface area contributed by atoms with Gasteiger partial charge in [-0.15, -0.1) is 0 Å². The molecular formula is C26H35NO6. The minimum Gasteiger partial charge on any atom is -0.482 e. The zero-order valence-electron chi connectivity index (χ0n) is 19.9. The summed E-state index contributed by atoms with van der Waals surface area (Å²) in [5.74, 6) is 1.85. The lowest BCUT2D eigenvalue weighted by atomic mass is 9.53. The molecular weight excluding hydrogens is 422 g/mol. The smallest absolute Gasteiger partial charge is 0.302 e. The molecule has 1 spiro atoms. The number of ether oxygens (including phenoxy) is 5. The van der Waals surface area contributed by atoms with Gasteiger partial charge in [-0.3, -0.25) is 4.79 Å². The van der Waals surface area contributed by atoms with Gasteiger partial charge < -0.3 is 28.6 Å². The summed E-state index contributed by atoms with van der Waals surface area (Å²) in [5.41, 5.74) is 2.65. The number of carbonyl (C=O) groups is 1. The summed E-state index contributed by atoms with van der Waals surface area (Å²) in [5, 5.41) is 0. The van der Waals surface area contributed by atoms with E-state index in [0.717, 1.165) is 50.1 Å². The summed E-state index contributed by atoms with van der Waals surface area (Å²) >= 11 is 0. The summed E-state index contributed by atoms with van der Waals surface area (Å²) in [6, 6.07) is 4.73. The van der Waals surface area contributed by atoms with Gasteiger partial charge in [-0.25, -0.2) is 0 Å². The standard InChI is InChI=1S/C26H35NO6/c1-17(28)30-13-5-4-6-14-31-22-10-8-19-20-15-18-7-9-21(32-16-29-3)24-23(18)26(19,25(22)33-24)11-12-27(20)2/h7-10,19-20,22,25H,4-6,11-16H2,1-3H3/t19-,20+,22-,25?,26-/m0/s1. The highest BCUT2D eigenvalue weighted by Gasteiger charge is 2.64. The average Bonchev–Trinajstić information content (AvgIpc) is 3.15. The monoisotopic (exact) mass is 457 g/mol. The zero-order chi connectivity index (χ0) is 23.0. The maximum Gasteiger partial charge on any atom is 0.302 e. The Hall–Kier alpha value is -2.09. The van der Waals surface area contributed by atoms with E-state index in [9.17, 15) is 4.79 Å². The fraction of sp³-hybridized carbons (Fsp3) is 0.654. The van der Waals surface area contributed by atoms with Gasteiger partial charge in [0.25, 0.3) is 0 Å². The van der Waals surface area contributed by atoms with Crippen LogP contribution in [-0.4, -0.2) is 69.8 Å². The molecule has 2 heterocycles. The van der Waals surface area contributed by atoms with E-state index < -0.39 is 0 Å². The fourth-order valence-electron chi connectivity index (χ4n) is 6.40.